The molecule has 5 rings (SSSR count). The first-order valence-electron chi connectivity index (χ1n) is 12.1. The van der Waals surface area contributed by atoms with Crippen LogP contribution in [-0.4, -0.2) is 59.1 Å². The second-order valence-electron chi connectivity index (χ2n) is 8.73. The Kier molecular flexibility index (Phi) is 6.71. The smallest absolute Gasteiger partial charge is 0.318 e. The lowest BCUT2D eigenvalue weighted by molar-refractivity contribution is -0.143. The Morgan fingerprint density at radius 2 is 1.81 bits per heavy atom. The Balaban J connectivity index is 1.30. The molecule has 0 bridgehead atoms. The molecule has 0 radical (unpaired) electrons. The average Bonchev–Trinajstić information content (AvgIpc) is 3.38. The van der Waals surface area contributed by atoms with Gasteiger partial charge in [-0.05, 0) is 36.8 Å². The van der Waals surface area contributed by atoms with Gasteiger partial charge in [-0.3, -0.25) is 4.79 Å². The zero-order valence-corrected chi connectivity index (χ0v) is 20.1. The third-order valence-corrected chi connectivity index (χ3v) is 6.44. The monoisotopic (exact) mass is 489 g/mol. The maximum Gasteiger partial charge on any atom is 0.318 e. The van der Waals surface area contributed by atoms with Crippen molar-refractivity contribution in [3.63, 3.8) is 0 Å². The first kappa shape index (κ1) is 23.6. The van der Waals surface area contributed by atoms with Crippen LogP contribution in [0.5, 0.6) is 0 Å². The number of urea groups is 1. The first-order valence-corrected chi connectivity index (χ1v) is 12.1. The van der Waals surface area contributed by atoms with Crippen molar-refractivity contribution >= 4 is 34.4 Å². The van der Waals surface area contributed by atoms with Crippen LogP contribution in [0, 0.1) is 5.82 Å². The molecule has 9 heteroatoms. The number of benzene rings is 2. The molecule has 186 valence electrons. The van der Waals surface area contributed by atoms with Crippen molar-refractivity contribution in [1.29, 1.82) is 0 Å². The van der Waals surface area contributed by atoms with Crippen LogP contribution < -0.4 is 10.2 Å². The minimum Gasteiger partial charge on any atom is -0.466 e. The van der Waals surface area contributed by atoms with Crippen molar-refractivity contribution in [3.8, 4) is 0 Å². The van der Waals surface area contributed by atoms with Crippen molar-refractivity contribution < 1.29 is 18.7 Å². The van der Waals surface area contributed by atoms with Crippen LogP contribution in [0.3, 0.4) is 0 Å². The van der Waals surface area contributed by atoms with Crippen molar-refractivity contribution in [2.24, 2.45) is 0 Å². The van der Waals surface area contributed by atoms with Crippen molar-refractivity contribution in [2.75, 3.05) is 37.7 Å². The predicted molar refractivity (Wildman–Crippen MR) is 135 cm³/mol. The molecule has 0 aliphatic carbocycles. The summed E-state index contributed by atoms with van der Waals surface area (Å²) in [7, 11) is 0. The lowest BCUT2D eigenvalue weighted by Gasteiger charge is -2.36. The Labute approximate surface area is 208 Å². The van der Waals surface area contributed by atoms with E-state index in [2.05, 4.69) is 10.2 Å². The summed E-state index contributed by atoms with van der Waals surface area (Å²) in [6.07, 6.45) is 2.00. The summed E-state index contributed by atoms with van der Waals surface area (Å²) in [5.74, 6) is 0.0823. The largest absolute Gasteiger partial charge is 0.466 e. The number of amides is 2. The number of nitrogens with one attached hydrogen (secondary N) is 1. The molecule has 2 amide bonds. The van der Waals surface area contributed by atoms with E-state index in [9.17, 15) is 14.0 Å². The molecule has 1 fully saturated rings. The number of esters is 1. The highest BCUT2D eigenvalue weighted by Gasteiger charge is 2.27. The summed E-state index contributed by atoms with van der Waals surface area (Å²) in [4.78, 5) is 33.9. The van der Waals surface area contributed by atoms with Gasteiger partial charge in [-0.15, -0.1) is 0 Å². The number of halogens is 1. The van der Waals surface area contributed by atoms with Gasteiger partial charge in [-0.1, -0.05) is 30.3 Å². The van der Waals surface area contributed by atoms with E-state index in [4.69, 9.17) is 9.72 Å². The number of piperazine rings is 1. The molecule has 3 heterocycles. The molecule has 0 spiro atoms. The highest BCUT2D eigenvalue weighted by Crippen LogP contribution is 2.27. The van der Waals surface area contributed by atoms with Gasteiger partial charge in [-0.25, -0.2) is 14.2 Å². The van der Waals surface area contributed by atoms with E-state index in [1.165, 1.54) is 12.1 Å². The van der Waals surface area contributed by atoms with Crippen LogP contribution in [0.15, 0.2) is 66.9 Å². The molecule has 1 saturated heterocycles. The third-order valence-electron chi connectivity index (χ3n) is 6.44. The number of hydrogen-bond acceptors (Lipinski definition) is 5. The standard InChI is InChI=1S/C27H28FN5O3/c1-2-36-25(34)18-21(19-7-4-3-5-8-19)30-27(35)32-15-13-31(14-16-32)26-24-9-6-12-33(24)23-11-10-20(28)17-22(23)29-26/h3-12,17,21H,2,13-16,18H2,1H3,(H,30,35). The van der Waals surface area contributed by atoms with Gasteiger partial charge in [-0.2, -0.15) is 0 Å². The zero-order chi connectivity index (χ0) is 25.1. The summed E-state index contributed by atoms with van der Waals surface area (Å²) < 4.78 is 21.0. The number of hydrogen-bond donors (Lipinski definition) is 1. The second kappa shape index (κ2) is 10.2. The van der Waals surface area contributed by atoms with Crippen LogP contribution in [-0.2, 0) is 9.53 Å². The lowest BCUT2D eigenvalue weighted by atomic mass is 10.0. The number of nitrogens with zero attached hydrogens (tertiary/aromatic N) is 4. The quantitative estimate of drug-likeness (QED) is 0.412. The van der Waals surface area contributed by atoms with E-state index in [0.717, 1.165) is 22.4 Å². The lowest BCUT2D eigenvalue weighted by Crippen LogP contribution is -2.52. The van der Waals surface area contributed by atoms with Gasteiger partial charge in [0.25, 0.3) is 0 Å². The molecular weight excluding hydrogens is 461 g/mol. The van der Waals surface area contributed by atoms with Crippen LogP contribution in [0.1, 0.15) is 24.9 Å². The third kappa shape index (κ3) is 4.82. The molecule has 1 N–H and O–H groups in total. The second-order valence-corrected chi connectivity index (χ2v) is 8.73. The molecule has 1 aliphatic heterocycles. The molecule has 1 atom stereocenters. The van der Waals surface area contributed by atoms with Crippen molar-refractivity contribution in [1.82, 2.24) is 19.6 Å². The van der Waals surface area contributed by atoms with Gasteiger partial charge in [0.1, 0.15) is 5.82 Å². The first-order chi connectivity index (χ1) is 17.5. The maximum absolute atomic E-state index is 13.9. The number of ether oxygens (including phenoxy) is 1. The molecule has 4 aromatic rings. The van der Waals surface area contributed by atoms with E-state index < -0.39 is 6.04 Å². The molecule has 0 saturated carbocycles. The van der Waals surface area contributed by atoms with E-state index in [1.54, 1.807) is 17.9 Å². The normalized spacial score (nSPS) is 14.7. The fraction of sp³-hybridized carbons (Fsp3) is 0.296. The maximum atomic E-state index is 13.9. The molecule has 1 unspecified atom stereocenters. The van der Waals surface area contributed by atoms with Crippen LogP contribution in [0.4, 0.5) is 15.0 Å². The SMILES string of the molecule is CCOC(=O)CC(NC(=O)N1CCN(c2nc3cc(F)ccc3n3cccc23)CC1)c1ccccc1. The Morgan fingerprint density at radius 1 is 1.03 bits per heavy atom. The molecule has 2 aromatic carbocycles. The highest BCUT2D eigenvalue weighted by atomic mass is 19.1. The van der Waals surface area contributed by atoms with Gasteiger partial charge >= 0.3 is 12.0 Å². The predicted octanol–water partition coefficient (Wildman–Crippen LogP) is 4.15. The number of aromatic nitrogens is 2. The van der Waals surface area contributed by atoms with E-state index >= 15 is 0 Å². The van der Waals surface area contributed by atoms with Gasteiger partial charge in [0.2, 0.25) is 0 Å². The minimum atomic E-state index is -0.479. The van der Waals surface area contributed by atoms with Crippen LogP contribution in [0.25, 0.3) is 16.6 Å². The molecule has 36 heavy (non-hydrogen) atoms. The van der Waals surface area contributed by atoms with Gasteiger partial charge in [0.05, 0.1) is 35.6 Å². The van der Waals surface area contributed by atoms with Crippen molar-refractivity contribution in [2.45, 2.75) is 19.4 Å². The summed E-state index contributed by atoms with van der Waals surface area (Å²) >= 11 is 0. The van der Waals surface area contributed by atoms with Gasteiger partial charge < -0.3 is 24.3 Å². The summed E-state index contributed by atoms with van der Waals surface area (Å²) in [5.41, 5.74) is 3.21. The Bertz CT molecular complexity index is 1380. The number of carbonyl (C=O) groups excluding carboxylic acids is 2. The van der Waals surface area contributed by atoms with E-state index in [0.29, 0.717) is 38.3 Å². The molecule has 2 aromatic heterocycles. The van der Waals surface area contributed by atoms with Crippen LogP contribution in [0.2, 0.25) is 0 Å². The topological polar surface area (TPSA) is 79.2 Å². The van der Waals surface area contributed by atoms with Crippen LogP contribution >= 0.6 is 0 Å². The molecular formula is C27H28FN5O3. The fourth-order valence-electron chi connectivity index (χ4n) is 4.65. The zero-order valence-electron chi connectivity index (χ0n) is 20.1. The average molecular weight is 490 g/mol. The Morgan fingerprint density at radius 3 is 2.56 bits per heavy atom. The summed E-state index contributed by atoms with van der Waals surface area (Å²) in [5, 5.41) is 3.01. The Hall–Kier alpha value is -4.14. The number of rotatable bonds is 6. The fourth-order valence-corrected chi connectivity index (χ4v) is 4.65. The minimum absolute atomic E-state index is 0.0628. The number of anilines is 1. The van der Waals surface area contributed by atoms with Gasteiger partial charge in [0, 0.05) is 38.4 Å². The summed E-state index contributed by atoms with van der Waals surface area (Å²) in [6, 6.07) is 17.3. The van der Waals surface area contributed by atoms with E-state index in [-0.39, 0.29) is 24.2 Å². The summed E-state index contributed by atoms with van der Waals surface area (Å²) in [6.45, 7) is 4.19. The van der Waals surface area contributed by atoms with Crippen molar-refractivity contribution in [3.05, 3.63) is 78.2 Å². The van der Waals surface area contributed by atoms with E-state index in [1.807, 2.05) is 53.1 Å². The van der Waals surface area contributed by atoms with Gasteiger partial charge in [0.15, 0.2) is 5.82 Å². The number of carbonyl (C=O) groups is 2. The highest BCUT2D eigenvalue weighted by molar-refractivity contribution is 5.85. The molecule has 8 nitrogen and oxygen atoms in total. The molecule has 1 aliphatic rings. The number of fused-ring (bicyclic) bond motifs is 3.